The number of carbonyl (C=O) groups excluding carboxylic acids is 1. The number of nitrogens with one attached hydrogen (secondary N) is 1. The molecule has 1 aliphatic heterocycles. The number of nitrogens with zero attached hydrogens (tertiary/aromatic N) is 1. The van der Waals surface area contributed by atoms with Crippen LogP contribution in [-0.2, 0) is 4.79 Å². The summed E-state index contributed by atoms with van der Waals surface area (Å²) < 4.78 is 0. The minimum Gasteiger partial charge on any atom is -0.343 e. The largest absolute Gasteiger partial charge is 0.343 e. The summed E-state index contributed by atoms with van der Waals surface area (Å²) in [4.78, 5) is 14.3. The highest BCUT2D eigenvalue weighted by molar-refractivity contribution is 5.85. The Balaban J connectivity index is 0.00000324. The SMILES string of the molecule is CC(CC(=O)N(C)C1CCCNCC1)C(C)(C)C.Cl. The maximum atomic E-state index is 12.3. The molecule has 2 atom stereocenters. The van der Waals surface area contributed by atoms with E-state index in [1.54, 1.807) is 0 Å². The molecule has 1 fully saturated rings. The number of rotatable bonds is 3. The first kappa shape index (κ1) is 18.7. The fourth-order valence-electron chi connectivity index (χ4n) is 2.30. The molecule has 0 aliphatic carbocycles. The molecule has 114 valence electrons. The van der Waals surface area contributed by atoms with Gasteiger partial charge in [-0.15, -0.1) is 12.4 Å². The molecule has 0 aromatic rings. The Hall–Kier alpha value is -0.280. The van der Waals surface area contributed by atoms with E-state index in [0.717, 1.165) is 25.9 Å². The van der Waals surface area contributed by atoms with Gasteiger partial charge in [0.2, 0.25) is 5.91 Å². The maximum absolute atomic E-state index is 12.3. The van der Waals surface area contributed by atoms with Crippen LogP contribution in [-0.4, -0.2) is 37.0 Å². The summed E-state index contributed by atoms with van der Waals surface area (Å²) in [5, 5.41) is 3.40. The average molecular weight is 291 g/mol. The van der Waals surface area contributed by atoms with Gasteiger partial charge in [-0.3, -0.25) is 4.79 Å². The highest BCUT2D eigenvalue weighted by atomic mass is 35.5. The van der Waals surface area contributed by atoms with Gasteiger partial charge in [0.15, 0.2) is 0 Å². The molecular weight excluding hydrogens is 260 g/mol. The molecule has 0 aromatic carbocycles. The van der Waals surface area contributed by atoms with Crippen LogP contribution in [0.15, 0.2) is 0 Å². The molecule has 1 amide bonds. The molecule has 19 heavy (non-hydrogen) atoms. The summed E-state index contributed by atoms with van der Waals surface area (Å²) >= 11 is 0. The van der Waals surface area contributed by atoms with Crippen LogP contribution in [0.25, 0.3) is 0 Å². The second kappa shape index (κ2) is 8.11. The third kappa shape index (κ3) is 6.13. The van der Waals surface area contributed by atoms with E-state index >= 15 is 0 Å². The third-order valence-corrected chi connectivity index (χ3v) is 4.45. The lowest BCUT2D eigenvalue weighted by atomic mass is 9.80. The lowest BCUT2D eigenvalue weighted by molar-refractivity contribution is -0.133. The predicted molar refractivity (Wildman–Crippen MR) is 83.8 cm³/mol. The minimum atomic E-state index is 0. The first-order valence-corrected chi connectivity index (χ1v) is 7.28. The van der Waals surface area contributed by atoms with E-state index in [2.05, 4.69) is 33.0 Å². The Morgan fingerprint density at radius 2 is 1.95 bits per heavy atom. The van der Waals surface area contributed by atoms with Gasteiger partial charge in [0.05, 0.1) is 0 Å². The first-order chi connectivity index (χ1) is 8.32. The normalized spacial score (nSPS) is 22.1. The van der Waals surface area contributed by atoms with Crippen molar-refractivity contribution in [3.63, 3.8) is 0 Å². The molecule has 0 spiro atoms. The van der Waals surface area contributed by atoms with E-state index in [1.165, 1.54) is 6.42 Å². The Kier molecular flexibility index (Phi) is 7.99. The van der Waals surface area contributed by atoms with Gasteiger partial charge in [-0.2, -0.15) is 0 Å². The third-order valence-electron chi connectivity index (χ3n) is 4.45. The van der Waals surface area contributed by atoms with Crippen LogP contribution < -0.4 is 5.32 Å². The zero-order chi connectivity index (χ0) is 13.8. The van der Waals surface area contributed by atoms with Gasteiger partial charge < -0.3 is 10.2 Å². The molecule has 0 radical (unpaired) electrons. The topological polar surface area (TPSA) is 32.3 Å². The lowest BCUT2D eigenvalue weighted by Gasteiger charge is -2.32. The number of amides is 1. The van der Waals surface area contributed by atoms with Crippen LogP contribution >= 0.6 is 12.4 Å². The highest BCUT2D eigenvalue weighted by Crippen LogP contribution is 2.29. The predicted octanol–water partition coefficient (Wildman–Crippen LogP) is 3.08. The second-order valence-electron chi connectivity index (χ2n) is 6.81. The summed E-state index contributed by atoms with van der Waals surface area (Å²) in [6.45, 7) is 10.9. The molecule has 1 heterocycles. The Morgan fingerprint density at radius 1 is 1.32 bits per heavy atom. The van der Waals surface area contributed by atoms with Gasteiger partial charge in [0, 0.05) is 19.5 Å². The number of hydrogen-bond donors (Lipinski definition) is 1. The Morgan fingerprint density at radius 3 is 2.53 bits per heavy atom. The van der Waals surface area contributed by atoms with Crippen LogP contribution in [0, 0.1) is 11.3 Å². The summed E-state index contributed by atoms with van der Waals surface area (Å²) in [7, 11) is 1.98. The zero-order valence-electron chi connectivity index (χ0n) is 13.2. The molecular formula is C15H31ClN2O. The maximum Gasteiger partial charge on any atom is 0.222 e. The van der Waals surface area contributed by atoms with Gasteiger partial charge in [-0.1, -0.05) is 27.7 Å². The highest BCUT2D eigenvalue weighted by Gasteiger charge is 2.26. The van der Waals surface area contributed by atoms with Gasteiger partial charge >= 0.3 is 0 Å². The summed E-state index contributed by atoms with van der Waals surface area (Å²) in [5.74, 6) is 0.737. The van der Waals surface area contributed by atoms with Crippen LogP contribution in [0.1, 0.15) is 53.4 Å². The van der Waals surface area contributed by atoms with E-state index in [-0.39, 0.29) is 17.8 Å². The van der Waals surface area contributed by atoms with Crippen molar-refractivity contribution in [2.75, 3.05) is 20.1 Å². The molecule has 1 N–H and O–H groups in total. The number of halogens is 1. The van der Waals surface area contributed by atoms with Crippen molar-refractivity contribution in [1.29, 1.82) is 0 Å². The summed E-state index contributed by atoms with van der Waals surface area (Å²) in [5.41, 5.74) is 0.210. The van der Waals surface area contributed by atoms with Gasteiger partial charge in [0.25, 0.3) is 0 Å². The molecule has 1 aliphatic rings. The molecule has 1 rings (SSSR count). The molecule has 0 bridgehead atoms. The van der Waals surface area contributed by atoms with Crippen molar-refractivity contribution < 1.29 is 4.79 Å². The molecule has 4 heteroatoms. The van der Waals surface area contributed by atoms with Gasteiger partial charge in [-0.05, 0) is 43.7 Å². The van der Waals surface area contributed by atoms with E-state index in [4.69, 9.17) is 0 Å². The molecule has 1 saturated heterocycles. The lowest BCUT2D eigenvalue weighted by Crippen LogP contribution is -2.39. The fourth-order valence-corrected chi connectivity index (χ4v) is 2.30. The van der Waals surface area contributed by atoms with Crippen molar-refractivity contribution in [3.8, 4) is 0 Å². The van der Waals surface area contributed by atoms with E-state index in [1.807, 2.05) is 11.9 Å². The fraction of sp³-hybridized carbons (Fsp3) is 0.933. The van der Waals surface area contributed by atoms with Crippen LogP contribution in [0.5, 0.6) is 0 Å². The number of carbonyl (C=O) groups is 1. The van der Waals surface area contributed by atoms with Crippen molar-refractivity contribution in [2.45, 2.75) is 59.4 Å². The van der Waals surface area contributed by atoms with Gasteiger partial charge in [0.1, 0.15) is 0 Å². The smallest absolute Gasteiger partial charge is 0.222 e. The van der Waals surface area contributed by atoms with Crippen LogP contribution in [0.2, 0.25) is 0 Å². The van der Waals surface area contributed by atoms with Gasteiger partial charge in [-0.25, -0.2) is 0 Å². The molecule has 0 saturated carbocycles. The minimum absolute atomic E-state index is 0. The van der Waals surface area contributed by atoms with Crippen molar-refractivity contribution >= 4 is 18.3 Å². The van der Waals surface area contributed by atoms with Crippen LogP contribution in [0.3, 0.4) is 0 Å². The van der Waals surface area contributed by atoms with Crippen LogP contribution in [0.4, 0.5) is 0 Å². The zero-order valence-corrected chi connectivity index (χ0v) is 14.0. The summed E-state index contributed by atoms with van der Waals surface area (Å²) in [6.07, 6.45) is 4.08. The summed E-state index contributed by atoms with van der Waals surface area (Å²) in [6, 6.07) is 0.430. The molecule has 3 nitrogen and oxygen atoms in total. The van der Waals surface area contributed by atoms with Crippen molar-refractivity contribution in [1.82, 2.24) is 10.2 Å². The number of hydrogen-bond acceptors (Lipinski definition) is 2. The average Bonchev–Trinajstić information content (AvgIpc) is 2.55. The van der Waals surface area contributed by atoms with E-state index in [0.29, 0.717) is 24.3 Å². The quantitative estimate of drug-likeness (QED) is 0.866. The Labute approximate surface area is 124 Å². The first-order valence-electron chi connectivity index (χ1n) is 7.28. The van der Waals surface area contributed by atoms with E-state index in [9.17, 15) is 4.79 Å². The van der Waals surface area contributed by atoms with Crippen molar-refractivity contribution in [3.05, 3.63) is 0 Å². The Bertz CT molecular complexity index is 268. The monoisotopic (exact) mass is 290 g/mol. The molecule has 2 unspecified atom stereocenters. The molecule has 0 aromatic heterocycles. The van der Waals surface area contributed by atoms with E-state index < -0.39 is 0 Å². The van der Waals surface area contributed by atoms with Crippen molar-refractivity contribution in [2.24, 2.45) is 11.3 Å². The second-order valence-corrected chi connectivity index (χ2v) is 6.81. The standard InChI is InChI=1S/C15H30N2O.ClH/c1-12(15(2,3)4)11-14(18)17(5)13-7-6-9-16-10-8-13;/h12-13,16H,6-11H2,1-5H3;1H.